The summed E-state index contributed by atoms with van der Waals surface area (Å²) in [5.74, 6) is 0.402. The van der Waals surface area contributed by atoms with Gasteiger partial charge in [-0.3, -0.25) is 13.9 Å². The summed E-state index contributed by atoms with van der Waals surface area (Å²) in [6.45, 7) is 1.93. The van der Waals surface area contributed by atoms with E-state index in [2.05, 4.69) is 5.32 Å². The fraction of sp³-hybridized carbons (Fsp3) is 0.231. The number of halogens is 1. The maximum atomic E-state index is 11.8. The van der Waals surface area contributed by atoms with Gasteiger partial charge in [-0.05, 0) is 24.6 Å². The van der Waals surface area contributed by atoms with E-state index in [4.69, 9.17) is 11.6 Å². The normalized spacial score (nSPS) is 10.5. The lowest BCUT2D eigenvalue weighted by atomic mass is 10.2. The molecule has 1 N–H and O–H groups in total. The molecule has 0 aliphatic carbocycles. The number of aromatic nitrogens is 2. The van der Waals surface area contributed by atoms with Crippen molar-refractivity contribution >= 4 is 23.1 Å². The Morgan fingerprint density at radius 1 is 1.11 bits per heavy atom. The number of nitrogens with zero attached hydrogens (tertiary/aromatic N) is 2. The summed E-state index contributed by atoms with van der Waals surface area (Å²) < 4.78 is 2.40. The number of hydrogen-bond acceptors (Lipinski definition) is 3. The van der Waals surface area contributed by atoms with Crippen molar-refractivity contribution in [1.82, 2.24) is 9.13 Å². The topological polar surface area (TPSA) is 56.0 Å². The van der Waals surface area contributed by atoms with Crippen LogP contribution in [0.3, 0.4) is 0 Å². The molecule has 0 saturated carbocycles. The molecular formula is C13H14ClN3O2. The van der Waals surface area contributed by atoms with Crippen molar-refractivity contribution in [3.63, 3.8) is 0 Å². The van der Waals surface area contributed by atoms with Crippen LogP contribution in [0.4, 0.5) is 11.5 Å². The van der Waals surface area contributed by atoms with Crippen LogP contribution >= 0.6 is 11.6 Å². The van der Waals surface area contributed by atoms with Crippen LogP contribution in [0.5, 0.6) is 0 Å². The highest BCUT2D eigenvalue weighted by molar-refractivity contribution is 6.33. The minimum absolute atomic E-state index is 0.367. The van der Waals surface area contributed by atoms with Gasteiger partial charge >= 0.3 is 5.69 Å². The van der Waals surface area contributed by atoms with Gasteiger partial charge in [0.25, 0.3) is 5.56 Å². The van der Waals surface area contributed by atoms with Crippen molar-refractivity contribution in [2.45, 2.75) is 6.92 Å². The van der Waals surface area contributed by atoms with Crippen LogP contribution in [0.1, 0.15) is 5.56 Å². The van der Waals surface area contributed by atoms with Crippen molar-refractivity contribution in [3.05, 3.63) is 55.7 Å². The van der Waals surface area contributed by atoms with Crippen molar-refractivity contribution in [2.24, 2.45) is 14.1 Å². The van der Waals surface area contributed by atoms with Gasteiger partial charge in [0.05, 0.1) is 10.7 Å². The van der Waals surface area contributed by atoms with Crippen LogP contribution in [0, 0.1) is 6.92 Å². The molecule has 0 unspecified atom stereocenters. The summed E-state index contributed by atoms with van der Waals surface area (Å²) in [6.07, 6.45) is 0. The molecule has 0 aliphatic rings. The molecule has 0 saturated heterocycles. The number of aryl methyl sites for hydroxylation is 1. The van der Waals surface area contributed by atoms with Crippen LogP contribution in [-0.4, -0.2) is 9.13 Å². The highest BCUT2D eigenvalue weighted by atomic mass is 35.5. The van der Waals surface area contributed by atoms with Gasteiger partial charge in [-0.25, -0.2) is 4.79 Å². The largest absolute Gasteiger partial charge is 0.340 e. The zero-order valence-electron chi connectivity index (χ0n) is 10.9. The minimum Gasteiger partial charge on any atom is -0.340 e. The fourth-order valence-electron chi connectivity index (χ4n) is 1.71. The number of benzene rings is 1. The highest BCUT2D eigenvalue weighted by Crippen LogP contribution is 2.25. The van der Waals surface area contributed by atoms with E-state index >= 15 is 0 Å². The van der Waals surface area contributed by atoms with E-state index < -0.39 is 5.69 Å². The molecule has 1 aromatic carbocycles. The van der Waals surface area contributed by atoms with Gasteiger partial charge in [-0.2, -0.15) is 0 Å². The number of nitrogens with one attached hydrogen (secondary N) is 1. The molecule has 0 bridgehead atoms. The lowest BCUT2D eigenvalue weighted by Crippen LogP contribution is -2.37. The summed E-state index contributed by atoms with van der Waals surface area (Å²) in [5, 5.41) is 3.53. The molecule has 0 fully saturated rings. The summed E-state index contributed by atoms with van der Waals surface area (Å²) in [5.41, 5.74) is 0.927. The molecule has 1 aromatic heterocycles. The van der Waals surface area contributed by atoms with Crippen LogP contribution in [0.15, 0.2) is 33.9 Å². The molecule has 6 heteroatoms. The van der Waals surface area contributed by atoms with E-state index in [-0.39, 0.29) is 5.56 Å². The van der Waals surface area contributed by atoms with Crippen LogP contribution < -0.4 is 16.6 Å². The van der Waals surface area contributed by atoms with Gasteiger partial charge in [-0.15, -0.1) is 0 Å². The lowest BCUT2D eigenvalue weighted by Gasteiger charge is -2.13. The molecule has 0 atom stereocenters. The van der Waals surface area contributed by atoms with E-state index in [9.17, 15) is 9.59 Å². The third-order valence-electron chi connectivity index (χ3n) is 2.91. The third kappa shape index (κ3) is 2.56. The molecular weight excluding hydrogens is 266 g/mol. The second-order valence-corrected chi connectivity index (χ2v) is 4.78. The first-order chi connectivity index (χ1) is 8.90. The van der Waals surface area contributed by atoms with E-state index in [0.717, 1.165) is 10.1 Å². The standard InChI is InChI=1S/C13H14ClN3O2/c1-8-4-5-10(9(14)6-8)15-11-7-12(18)17(3)13(19)16(11)2/h4-7,15H,1-3H3. The first kappa shape index (κ1) is 13.4. The fourth-order valence-corrected chi connectivity index (χ4v) is 1.99. The van der Waals surface area contributed by atoms with Gasteiger partial charge in [0, 0.05) is 20.2 Å². The van der Waals surface area contributed by atoms with Crippen molar-refractivity contribution in [1.29, 1.82) is 0 Å². The predicted octanol–water partition coefficient (Wildman–Crippen LogP) is 1.79. The maximum Gasteiger partial charge on any atom is 0.332 e. The van der Waals surface area contributed by atoms with Gasteiger partial charge < -0.3 is 5.32 Å². The van der Waals surface area contributed by atoms with E-state index in [1.165, 1.54) is 17.7 Å². The van der Waals surface area contributed by atoms with E-state index in [1.807, 2.05) is 19.1 Å². The Morgan fingerprint density at radius 2 is 1.79 bits per heavy atom. The van der Waals surface area contributed by atoms with Crippen molar-refractivity contribution in [3.8, 4) is 0 Å². The summed E-state index contributed by atoms with van der Waals surface area (Å²) in [7, 11) is 3.03. The summed E-state index contributed by atoms with van der Waals surface area (Å²) >= 11 is 6.11. The Hall–Kier alpha value is -2.01. The Labute approximate surface area is 115 Å². The molecule has 1 heterocycles. The number of rotatable bonds is 2. The molecule has 0 amide bonds. The van der Waals surface area contributed by atoms with E-state index in [0.29, 0.717) is 16.5 Å². The summed E-state index contributed by atoms with van der Waals surface area (Å²) in [4.78, 5) is 23.4. The molecule has 0 aliphatic heterocycles. The molecule has 0 spiro atoms. The van der Waals surface area contributed by atoms with Gasteiger partial charge in [-0.1, -0.05) is 17.7 Å². The second kappa shape index (κ2) is 4.93. The third-order valence-corrected chi connectivity index (χ3v) is 3.23. The van der Waals surface area contributed by atoms with Gasteiger partial charge in [0.1, 0.15) is 5.82 Å². The van der Waals surface area contributed by atoms with Crippen molar-refractivity contribution < 1.29 is 0 Å². The van der Waals surface area contributed by atoms with Gasteiger partial charge in [0.2, 0.25) is 0 Å². The SMILES string of the molecule is Cc1ccc(Nc2cc(=O)n(C)c(=O)n2C)c(Cl)c1. The Morgan fingerprint density at radius 3 is 2.42 bits per heavy atom. The van der Waals surface area contributed by atoms with E-state index in [1.54, 1.807) is 13.1 Å². The quantitative estimate of drug-likeness (QED) is 0.912. The zero-order chi connectivity index (χ0) is 14.2. The first-order valence-electron chi connectivity index (χ1n) is 5.70. The Kier molecular flexibility index (Phi) is 3.48. The summed E-state index contributed by atoms with van der Waals surface area (Å²) in [6, 6.07) is 6.87. The molecule has 2 rings (SSSR count). The average Bonchev–Trinajstić information content (AvgIpc) is 2.36. The highest BCUT2D eigenvalue weighted by Gasteiger charge is 2.07. The molecule has 19 heavy (non-hydrogen) atoms. The maximum absolute atomic E-state index is 11.8. The molecule has 0 radical (unpaired) electrons. The van der Waals surface area contributed by atoms with Crippen LogP contribution in [-0.2, 0) is 14.1 Å². The van der Waals surface area contributed by atoms with Gasteiger partial charge in [0.15, 0.2) is 0 Å². The first-order valence-corrected chi connectivity index (χ1v) is 6.08. The molecule has 100 valence electrons. The monoisotopic (exact) mass is 279 g/mol. The van der Waals surface area contributed by atoms with Crippen LogP contribution in [0.25, 0.3) is 0 Å². The Balaban J connectivity index is 2.50. The van der Waals surface area contributed by atoms with Crippen LogP contribution in [0.2, 0.25) is 5.02 Å². The number of anilines is 2. The number of hydrogen-bond donors (Lipinski definition) is 1. The Bertz CT molecular complexity index is 747. The zero-order valence-corrected chi connectivity index (χ0v) is 11.7. The lowest BCUT2D eigenvalue weighted by molar-refractivity contribution is 0.693. The average molecular weight is 280 g/mol. The molecule has 2 aromatic rings. The van der Waals surface area contributed by atoms with Crippen molar-refractivity contribution in [2.75, 3.05) is 5.32 Å². The minimum atomic E-state index is -0.391. The predicted molar refractivity (Wildman–Crippen MR) is 76.4 cm³/mol. The second-order valence-electron chi connectivity index (χ2n) is 4.38. The molecule has 5 nitrogen and oxygen atoms in total. The smallest absolute Gasteiger partial charge is 0.332 e.